The topological polar surface area (TPSA) is 29.5 Å². The van der Waals surface area contributed by atoms with Gasteiger partial charge in [0, 0.05) is 12.5 Å². The highest BCUT2D eigenvalue weighted by molar-refractivity contribution is 5.46. The minimum absolute atomic E-state index is 0.00762. The van der Waals surface area contributed by atoms with Gasteiger partial charge in [-0.1, -0.05) is 41.7 Å². The van der Waals surface area contributed by atoms with Crippen molar-refractivity contribution >= 4 is 0 Å². The fraction of sp³-hybridized carbons (Fsp3) is 0.222. The quantitative estimate of drug-likeness (QED) is 0.871. The minimum atomic E-state index is -0.359. The van der Waals surface area contributed by atoms with Crippen molar-refractivity contribution in [2.75, 3.05) is 6.61 Å². The van der Waals surface area contributed by atoms with E-state index >= 15 is 0 Å². The van der Waals surface area contributed by atoms with Crippen molar-refractivity contribution in [3.05, 3.63) is 65.0 Å². The standard InChI is InChI=1S/C18H17FO2/c1-14-5-4-6-15(11-14)13-21-18-12-17(19)9-8-16(18)7-2-3-10-20/h4-6,8-9,11-12,20H,3,10,13H2,1H3. The molecule has 0 amide bonds. The second-order valence-corrected chi connectivity index (χ2v) is 4.69. The number of hydrogen-bond acceptors (Lipinski definition) is 2. The summed E-state index contributed by atoms with van der Waals surface area (Å²) in [6.45, 7) is 2.38. The van der Waals surface area contributed by atoms with E-state index in [-0.39, 0.29) is 12.4 Å². The van der Waals surface area contributed by atoms with Crippen LogP contribution in [0.2, 0.25) is 0 Å². The Morgan fingerprint density at radius 1 is 1.19 bits per heavy atom. The van der Waals surface area contributed by atoms with E-state index in [2.05, 4.69) is 11.8 Å². The van der Waals surface area contributed by atoms with Crippen molar-refractivity contribution in [1.29, 1.82) is 0 Å². The van der Waals surface area contributed by atoms with Gasteiger partial charge in [-0.3, -0.25) is 0 Å². The van der Waals surface area contributed by atoms with Gasteiger partial charge in [-0.2, -0.15) is 0 Å². The van der Waals surface area contributed by atoms with Crippen LogP contribution in [-0.2, 0) is 6.61 Å². The highest BCUT2D eigenvalue weighted by Gasteiger charge is 2.04. The SMILES string of the molecule is Cc1cccc(COc2cc(F)ccc2C#CCCO)c1. The Balaban J connectivity index is 2.15. The van der Waals surface area contributed by atoms with Crippen molar-refractivity contribution in [2.45, 2.75) is 20.0 Å². The van der Waals surface area contributed by atoms with Crippen molar-refractivity contribution < 1.29 is 14.2 Å². The second kappa shape index (κ2) is 7.47. The molecule has 2 nitrogen and oxygen atoms in total. The molecule has 0 saturated carbocycles. The molecule has 0 unspecified atom stereocenters. The van der Waals surface area contributed by atoms with E-state index in [1.54, 1.807) is 6.07 Å². The highest BCUT2D eigenvalue weighted by Crippen LogP contribution is 2.20. The van der Waals surface area contributed by atoms with Crippen molar-refractivity contribution in [3.8, 4) is 17.6 Å². The van der Waals surface area contributed by atoms with Crippen LogP contribution in [0, 0.1) is 24.6 Å². The van der Waals surface area contributed by atoms with E-state index in [0.29, 0.717) is 24.3 Å². The van der Waals surface area contributed by atoms with Crippen LogP contribution in [0.3, 0.4) is 0 Å². The molecule has 0 fully saturated rings. The Hall–Kier alpha value is -2.31. The molecule has 2 rings (SSSR count). The van der Waals surface area contributed by atoms with Crippen molar-refractivity contribution in [3.63, 3.8) is 0 Å². The van der Waals surface area contributed by atoms with Crippen LogP contribution in [-0.4, -0.2) is 11.7 Å². The lowest BCUT2D eigenvalue weighted by atomic mass is 10.1. The number of ether oxygens (including phenoxy) is 1. The van der Waals surface area contributed by atoms with Crippen LogP contribution in [0.1, 0.15) is 23.1 Å². The zero-order valence-electron chi connectivity index (χ0n) is 11.9. The van der Waals surface area contributed by atoms with E-state index in [1.807, 2.05) is 31.2 Å². The van der Waals surface area contributed by atoms with Crippen molar-refractivity contribution in [2.24, 2.45) is 0 Å². The first-order valence-corrected chi connectivity index (χ1v) is 6.76. The van der Waals surface area contributed by atoms with Gasteiger partial charge in [-0.25, -0.2) is 4.39 Å². The first kappa shape index (κ1) is 15.1. The molecule has 0 aliphatic carbocycles. The van der Waals surface area contributed by atoms with E-state index in [4.69, 9.17) is 9.84 Å². The summed E-state index contributed by atoms with van der Waals surface area (Å²) in [6.07, 6.45) is 0.384. The van der Waals surface area contributed by atoms with E-state index in [0.717, 1.165) is 11.1 Å². The summed E-state index contributed by atoms with van der Waals surface area (Å²) in [5.41, 5.74) is 2.80. The maximum atomic E-state index is 13.4. The normalized spacial score (nSPS) is 9.86. The average molecular weight is 284 g/mol. The number of aliphatic hydroxyl groups excluding tert-OH is 1. The first-order chi connectivity index (χ1) is 10.2. The molecule has 2 aromatic carbocycles. The molecule has 0 radical (unpaired) electrons. The molecular weight excluding hydrogens is 267 g/mol. The molecular formula is C18H17FO2. The number of halogens is 1. The summed E-state index contributed by atoms with van der Waals surface area (Å²) < 4.78 is 19.0. The van der Waals surface area contributed by atoms with Crippen molar-refractivity contribution in [1.82, 2.24) is 0 Å². The molecule has 0 aliphatic rings. The summed E-state index contributed by atoms with van der Waals surface area (Å²) in [5.74, 6) is 5.76. The van der Waals surface area contributed by atoms with Crippen LogP contribution in [0.25, 0.3) is 0 Å². The van der Waals surface area contributed by atoms with Gasteiger partial charge in [-0.05, 0) is 24.6 Å². The Kier molecular flexibility index (Phi) is 5.36. The molecule has 0 aliphatic heterocycles. The Bertz CT molecular complexity index is 668. The van der Waals surface area contributed by atoms with Crippen LogP contribution >= 0.6 is 0 Å². The predicted molar refractivity (Wildman–Crippen MR) is 80.5 cm³/mol. The van der Waals surface area contributed by atoms with Gasteiger partial charge in [0.2, 0.25) is 0 Å². The van der Waals surface area contributed by atoms with E-state index in [1.165, 1.54) is 12.1 Å². The molecule has 0 saturated heterocycles. The first-order valence-electron chi connectivity index (χ1n) is 6.76. The largest absolute Gasteiger partial charge is 0.487 e. The van der Waals surface area contributed by atoms with Gasteiger partial charge in [0.1, 0.15) is 18.2 Å². The Labute approximate surface area is 124 Å². The molecule has 3 heteroatoms. The van der Waals surface area contributed by atoms with Crippen LogP contribution < -0.4 is 4.74 Å². The molecule has 0 aromatic heterocycles. The third-order valence-electron chi connectivity index (χ3n) is 2.88. The van der Waals surface area contributed by atoms with Crippen LogP contribution in [0.4, 0.5) is 4.39 Å². The molecule has 2 aromatic rings. The zero-order chi connectivity index (χ0) is 15.1. The predicted octanol–water partition coefficient (Wildman–Crippen LogP) is 3.45. The summed E-state index contributed by atoms with van der Waals surface area (Å²) in [7, 11) is 0. The summed E-state index contributed by atoms with van der Waals surface area (Å²) in [5, 5.41) is 8.74. The lowest BCUT2D eigenvalue weighted by molar-refractivity contribution is 0.303. The number of aliphatic hydroxyl groups is 1. The zero-order valence-corrected chi connectivity index (χ0v) is 11.9. The fourth-order valence-electron chi connectivity index (χ4n) is 1.90. The highest BCUT2D eigenvalue weighted by atomic mass is 19.1. The van der Waals surface area contributed by atoms with Gasteiger partial charge < -0.3 is 9.84 Å². The minimum Gasteiger partial charge on any atom is -0.487 e. The van der Waals surface area contributed by atoms with E-state index < -0.39 is 0 Å². The van der Waals surface area contributed by atoms with Gasteiger partial charge >= 0.3 is 0 Å². The third-order valence-corrected chi connectivity index (χ3v) is 2.88. The third kappa shape index (κ3) is 4.62. The maximum Gasteiger partial charge on any atom is 0.138 e. The molecule has 0 atom stereocenters. The summed E-state index contributed by atoms with van der Waals surface area (Å²) >= 11 is 0. The molecule has 21 heavy (non-hydrogen) atoms. The lowest BCUT2D eigenvalue weighted by Gasteiger charge is -2.09. The molecule has 0 spiro atoms. The van der Waals surface area contributed by atoms with Gasteiger partial charge in [0.05, 0.1) is 12.2 Å². The number of aryl methyl sites for hydroxylation is 1. The number of rotatable bonds is 4. The Morgan fingerprint density at radius 2 is 2.05 bits per heavy atom. The monoisotopic (exact) mass is 284 g/mol. The summed E-state index contributed by atoms with van der Waals surface area (Å²) in [4.78, 5) is 0. The molecule has 0 bridgehead atoms. The van der Waals surface area contributed by atoms with E-state index in [9.17, 15) is 4.39 Å². The fourth-order valence-corrected chi connectivity index (χ4v) is 1.90. The molecule has 1 N–H and O–H groups in total. The maximum absolute atomic E-state index is 13.4. The average Bonchev–Trinajstić information content (AvgIpc) is 2.47. The van der Waals surface area contributed by atoms with Gasteiger partial charge in [-0.15, -0.1) is 0 Å². The van der Waals surface area contributed by atoms with Gasteiger partial charge in [0.25, 0.3) is 0 Å². The van der Waals surface area contributed by atoms with Crippen LogP contribution in [0.15, 0.2) is 42.5 Å². The number of benzene rings is 2. The lowest BCUT2D eigenvalue weighted by Crippen LogP contribution is -1.98. The smallest absolute Gasteiger partial charge is 0.138 e. The number of hydrogen-bond donors (Lipinski definition) is 1. The molecule has 108 valence electrons. The molecule has 0 heterocycles. The second-order valence-electron chi connectivity index (χ2n) is 4.69. The van der Waals surface area contributed by atoms with Crippen LogP contribution in [0.5, 0.6) is 5.75 Å². The summed E-state index contributed by atoms with van der Waals surface area (Å²) in [6, 6.07) is 12.2. The Morgan fingerprint density at radius 3 is 2.81 bits per heavy atom. The van der Waals surface area contributed by atoms with Gasteiger partial charge in [0.15, 0.2) is 0 Å².